The molecule has 0 unspecified atom stereocenters. The molecule has 0 atom stereocenters. The van der Waals surface area contributed by atoms with Crippen molar-refractivity contribution in [3.05, 3.63) is 53.7 Å². The highest BCUT2D eigenvalue weighted by Gasteiger charge is 2.07. The molecule has 0 aliphatic rings. The predicted octanol–water partition coefficient (Wildman–Crippen LogP) is 1.89. The van der Waals surface area contributed by atoms with Gasteiger partial charge in [0.05, 0.1) is 6.61 Å². The quantitative estimate of drug-likeness (QED) is 0.360. The van der Waals surface area contributed by atoms with Crippen molar-refractivity contribution < 1.29 is 14.3 Å². The van der Waals surface area contributed by atoms with Crippen molar-refractivity contribution in [3.8, 4) is 0 Å². The first kappa shape index (κ1) is 13.7. The minimum atomic E-state index is -0.553. The molecule has 0 aliphatic carbocycles. The fourth-order valence-electron chi connectivity index (χ4n) is 1.27. The van der Waals surface area contributed by atoms with E-state index in [2.05, 4.69) is 5.32 Å². The second-order valence-corrected chi connectivity index (χ2v) is 3.33. The zero-order valence-electron chi connectivity index (χ0n) is 10.1. The second kappa shape index (κ2) is 7.84. The smallest absolute Gasteiger partial charge is 0.354 e. The molecule has 0 radical (unpaired) electrons. The van der Waals surface area contributed by atoms with E-state index in [1.807, 2.05) is 36.4 Å². The molecule has 0 heterocycles. The summed E-state index contributed by atoms with van der Waals surface area (Å²) in [6, 6.07) is 9.62. The lowest BCUT2D eigenvalue weighted by Crippen LogP contribution is -2.20. The molecule has 4 heteroatoms. The molecule has 0 spiro atoms. The van der Waals surface area contributed by atoms with Gasteiger partial charge < -0.3 is 10.1 Å². The van der Waals surface area contributed by atoms with Gasteiger partial charge in [-0.25, -0.2) is 4.79 Å². The lowest BCUT2D eigenvalue weighted by molar-refractivity contribution is -0.139. The van der Waals surface area contributed by atoms with Gasteiger partial charge >= 0.3 is 5.97 Å². The van der Waals surface area contributed by atoms with Crippen molar-refractivity contribution in [2.75, 3.05) is 6.61 Å². The maximum absolute atomic E-state index is 11.4. The van der Waals surface area contributed by atoms with Gasteiger partial charge in [-0.2, -0.15) is 0 Å². The molecule has 0 saturated heterocycles. The molecular formula is C14H15NO3. The number of amides is 1. The topological polar surface area (TPSA) is 55.4 Å². The fraction of sp³-hybridized carbons (Fsp3) is 0.143. The monoisotopic (exact) mass is 245 g/mol. The summed E-state index contributed by atoms with van der Waals surface area (Å²) in [6.45, 7) is 1.97. The van der Waals surface area contributed by atoms with Crippen LogP contribution in [0.15, 0.2) is 48.2 Å². The number of hydrogen-bond donors (Lipinski definition) is 1. The van der Waals surface area contributed by atoms with Crippen molar-refractivity contribution >= 4 is 18.5 Å². The van der Waals surface area contributed by atoms with Gasteiger partial charge in [-0.15, -0.1) is 0 Å². The van der Waals surface area contributed by atoms with E-state index in [4.69, 9.17) is 4.74 Å². The number of carbonyl (C=O) groups excluding carboxylic acids is 2. The van der Waals surface area contributed by atoms with E-state index in [1.165, 1.54) is 6.08 Å². The van der Waals surface area contributed by atoms with Crippen molar-refractivity contribution in [2.45, 2.75) is 6.92 Å². The lowest BCUT2D eigenvalue weighted by atomic mass is 10.2. The van der Waals surface area contributed by atoms with Gasteiger partial charge in [0.1, 0.15) is 5.70 Å². The van der Waals surface area contributed by atoms with Crippen LogP contribution in [-0.4, -0.2) is 19.0 Å². The first-order chi connectivity index (χ1) is 8.77. The molecular weight excluding hydrogens is 230 g/mol. The van der Waals surface area contributed by atoms with Gasteiger partial charge in [0.2, 0.25) is 6.41 Å². The summed E-state index contributed by atoms with van der Waals surface area (Å²) in [5.41, 5.74) is 1.11. The number of ether oxygens (including phenoxy) is 1. The third-order valence-electron chi connectivity index (χ3n) is 2.06. The molecule has 1 aromatic carbocycles. The van der Waals surface area contributed by atoms with E-state index in [9.17, 15) is 9.59 Å². The zero-order chi connectivity index (χ0) is 13.2. The summed E-state index contributed by atoms with van der Waals surface area (Å²) in [5, 5.41) is 2.31. The number of esters is 1. The van der Waals surface area contributed by atoms with Crippen LogP contribution in [0.25, 0.3) is 6.08 Å². The highest BCUT2D eigenvalue weighted by atomic mass is 16.5. The summed E-state index contributed by atoms with van der Waals surface area (Å²) in [4.78, 5) is 21.8. The average molecular weight is 245 g/mol. The van der Waals surface area contributed by atoms with Gasteiger partial charge in [-0.3, -0.25) is 4.79 Å². The predicted molar refractivity (Wildman–Crippen MR) is 69.4 cm³/mol. The van der Waals surface area contributed by atoms with Crippen molar-refractivity contribution in [1.29, 1.82) is 0 Å². The molecule has 1 amide bonds. The van der Waals surface area contributed by atoms with Gasteiger partial charge in [-0.1, -0.05) is 42.5 Å². The Labute approximate surface area is 106 Å². The van der Waals surface area contributed by atoms with Crippen LogP contribution >= 0.6 is 0 Å². The number of carbonyl (C=O) groups is 2. The van der Waals surface area contributed by atoms with Crippen LogP contribution in [0.1, 0.15) is 12.5 Å². The summed E-state index contributed by atoms with van der Waals surface area (Å²) in [5.74, 6) is -0.553. The van der Waals surface area contributed by atoms with Crippen molar-refractivity contribution in [3.63, 3.8) is 0 Å². The lowest BCUT2D eigenvalue weighted by Gasteiger charge is -2.03. The first-order valence-corrected chi connectivity index (χ1v) is 5.58. The molecule has 0 bridgehead atoms. The summed E-state index contributed by atoms with van der Waals surface area (Å²) < 4.78 is 4.80. The van der Waals surface area contributed by atoms with Gasteiger partial charge in [0, 0.05) is 0 Å². The van der Waals surface area contributed by atoms with E-state index >= 15 is 0 Å². The molecule has 18 heavy (non-hydrogen) atoms. The van der Waals surface area contributed by atoms with Crippen LogP contribution in [-0.2, 0) is 14.3 Å². The van der Waals surface area contributed by atoms with Crippen LogP contribution in [0.4, 0.5) is 0 Å². The van der Waals surface area contributed by atoms with Gasteiger partial charge in [0.15, 0.2) is 0 Å². The number of hydrogen-bond acceptors (Lipinski definition) is 3. The minimum absolute atomic E-state index is 0.110. The van der Waals surface area contributed by atoms with E-state index in [-0.39, 0.29) is 12.3 Å². The van der Waals surface area contributed by atoms with E-state index in [1.54, 1.807) is 13.0 Å². The highest BCUT2D eigenvalue weighted by Crippen LogP contribution is 2.02. The van der Waals surface area contributed by atoms with E-state index < -0.39 is 5.97 Å². The Hall–Kier alpha value is -2.36. The van der Waals surface area contributed by atoms with Crippen LogP contribution < -0.4 is 5.32 Å². The van der Waals surface area contributed by atoms with Crippen LogP contribution in [0.5, 0.6) is 0 Å². The van der Waals surface area contributed by atoms with E-state index in [0.717, 1.165) is 5.56 Å². The number of allylic oxidation sites excluding steroid dienone is 2. The molecule has 1 N–H and O–H groups in total. The molecule has 0 aliphatic heterocycles. The third-order valence-corrected chi connectivity index (χ3v) is 2.06. The van der Waals surface area contributed by atoms with Gasteiger partial charge in [0.25, 0.3) is 0 Å². The Morgan fingerprint density at radius 3 is 2.67 bits per heavy atom. The second-order valence-electron chi connectivity index (χ2n) is 3.33. The highest BCUT2D eigenvalue weighted by molar-refractivity contribution is 5.90. The molecule has 0 aromatic heterocycles. The standard InChI is InChI=1S/C14H15NO3/c1-2-18-14(17)13(15-11-16)10-6-9-12-7-4-3-5-8-12/h3-11H,2H2,1H3,(H,15,16)/b9-6+,13-10+. The Morgan fingerprint density at radius 1 is 1.33 bits per heavy atom. The summed E-state index contributed by atoms with van der Waals surface area (Å²) >= 11 is 0. The number of benzene rings is 1. The molecule has 4 nitrogen and oxygen atoms in total. The maximum atomic E-state index is 11.4. The van der Waals surface area contributed by atoms with Crippen molar-refractivity contribution in [1.82, 2.24) is 5.32 Å². The third kappa shape index (κ3) is 4.65. The van der Waals surface area contributed by atoms with Crippen LogP contribution in [0.2, 0.25) is 0 Å². The Kier molecular flexibility index (Phi) is 5.97. The molecule has 1 rings (SSSR count). The average Bonchev–Trinajstić information content (AvgIpc) is 2.39. The summed E-state index contributed by atoms with van der Waals surface area (Å²) in [6.07, 6.45) is 5.45. The minimum Gasteiger partial charge on any atom is -0.461 e. The van der Waals surface area contributed by atoms with E-state index in [0.29, 0.717) is 6.41 Å². The molecule has 0 fully saturated rings. The number of nitrogens with one attached hydrogen (secondary N) is 1. The largest absolute Gasteiger partial charge is 0.461 e. The van der Waals surface area contributed by atoms with Crippen molar-refractivity contribution in [2.24, 2.45) is 0 Å². The number of rotatable bonds is 6. The zero-order valence-corrected chi connectivity index (χ0v) is 10.1. The van der Waals surface area contributed by atoms with Crippen LogP contribution in [0.3, 0.4) is 0 Å². The Balaban J connectivity index is 2.74. The Morgan fingerprint density at radius 2 is 2.06 bits per heavy atom. The normalized spacial score (nSPS) is 11.3. The SMILES string of the molecule is CCOC(=O)/C(=C\C=C\c1ccccc1)NC=O. The Bertz CT molecular complexity index is 449. The molecule has 94 valence electrons. The van der Waals surface area contributed by atoms with Gasteiger partial charge in [-0.05, 0) is 18.6 Å². The maximum Gasteiger partial charge on any atom is 0.354 e. The molecule has 1 aromatic rings. The first-order valence-electron chi connectivity index (χ1n) is 5.58. The fourth-order valence-corrected chi connectivity index (χ4v) is 1.27. The van der Waals surface area contributed by atoms with Crippen LogP contribution in [0, 0.1) is 0 Å². The summed E-state index contributed by atoms with van der Waals surface area (Å²) in [7, 11) is 0. The molecule has 0 saturated carbocycles.